The molecule has 1 aliphatic carbocycles. The van der Waals surface area contributed by atoms with Gasteiger partial charge in [-0.05, 0) is 60.9 Å². The highest BCUT2D eigenvalue weighted by Crippen LogP contribution is 2.38. The zero-order valence-electron chi connectivity index (χ0n) is 20.2. The Bertz CT molecular complexity index is 1030. The van der Waals surface area contributed by atoms with Crippen molar-refractivity contribution in [3.05, 3.63) is 59.9 Å². The number of likely N-dealkylation sites (tertiary alicyclic amines) is 1. The van der Waals surface area contributed by atoms with Gasteiger partial charge in [0, 0.05) is 46.4 Å². The molecule has 4 rings (SSSR count). The molecule has 2 amide bonds. The summed E-state index contributed by atoms with van der Waals surface area (Å²) in [6.45, 7) is 1.65. The summed E-state index contributed by atoms with van der Waals surface area (Å²) in [4.78, 5) is 28.4. The van der Waals surface area contributed by atoms with Crippen LogP contribution in [0.1, 0.15) is 31.2 Å². The average molecular weight is 468 g/mol. The number of carbonyl (C=O) groups excluding carboxylic acids is 2. The van der Waals surface area contributed by atoms with E-state index in [0.717, 1.165) is 49.0 Å². The molecular formula is C27H34FN3O3. The van der Waals surface area contributed by atoms with Crippen LogP contribution in [0.5, 0.6) is 0 Å². The Morgan fingerprint density at radius 3 is 2.47 bits per heavy atom. The summed E-state index contributed by atoms with van der Waals surface area (Å²) in [7, 11) is 4.94. The number of ether oxygens (including phenoxy) is 1. The maximum absolute atomic E-state index is 13.8. The quantitative estimate of drug-likeness (QED) is 0.635. The normalized spacial score (nSPS) is 21.6. The number of rotatable bonds is 7. The molecule has 2 fully saturated rings. The highest BCUT2D eigenvalue weighted by molar-refractivity contribution is 6.34. The molecule has 1 heterocycles. The fourth-order valence-corrected chi connectivity index (χ4v) is 5.14. The molecule has 0 bridgehead atoms. The van der Waals surface area contributed by atoms with Crippen LogP contribution in [0.2, 0.25) is 0 Å². The second kappa shape index (κ2) is 10.2. The van der Waals surface area contributed by atoms with Crippen molar-refractivity contribution in [1.82, 2.24) is 15.1 Å². The lowest BCUT2D eigenvalue weighted by atomic mass is 9.79. The summed E-state index contributed by atoms with van der Waals surface area (Å²) >= 11 is 0. The van der Waals surface area contributed by atoms with Crippen LogP contribution in [0.25, 0.3) is 11.1 Å². The summed E-state index contributed by atoms with van der Waals surface area (Å²) < 4.78 is 19.7. The number of amides is 2. The molecule has 0 unspecified atom stereocenters. The van der Waals surface area contributed by atoms with E-state index in [1.165, 1.54) is 23.5 Å². The second-order valence-electron chi connectivity index (χ2n) is 9.76. The van der Waals surface area contributed by atoms with Crippen LogP contribution < -0.4 is 5.32 Å². The van der Waals surface area contributed by atoms with Gasteiger partial charge in [-0.2, -0.15) is 0 Å². The highest BCUT2D eigenvalue weighted by Gasteiger charge is 2.44. The van der Waals surface area contributed by atoms with Crippen molar-refractivity contribution in [2.24, 2.45) is 0 Å². The van der Waals surface area contributed by atoms with Gasteiger partial charge in [-0.1, -0.05) is 36.4 Å². The minimum Gasteiger partial charge on any atom is -0.377 e. The number of methoxy groups -OCH3 is 1. The summed E-state index contributed by atoms with van der Waals surface area (Å²) in [5.41, 5.74) is 2.77. The Morgan fingerprint density at radius 2 is 1.85 bits per heavy atom. The highest BCUT2D eigenvalue weighted by atomic mass is 19.1. The molecule has 2 aliphatic rings. The first-order valence-electron chi connectivity index (χ1n) is 12.0. The van der Waals surface area contributed by atoms with Crippen molar-refractivity contribution in [3.8, 4) is 11.1 Å². The van der Waals surface area contributed by atoms with Crippen LogP contribution in [0.4, 0.5) is 4.39 Å². The van der Waals surface area contributed by atoms with Gasteiger partial charge in [0.05, 0.1) is 5.60 Å². The molecule has 0 spiro atoms. The summed E-state index contributed by atoms with van der Waals surface area (Å²) in [6, 6.07) is 14.6. The SMILES string of the molecule is COC1(CN2CC[C@H](NC(=O)C(=O)N(C)C)[C@@H]2Cc2cccc(-c3cccc(F)c3)c2)CCC1. The van der Waals surface area contributed by atoms with Crippen molar-refractivity contribution < 1.29 is 18.7 Å². The molecule has 7 heteroatoms. The number of nitrogens with zero attached hydrogens (tertiary/aromatic N) is 2. The van der Waals surface area contributed by atoms with Gasteiger partial charge in [0.2, 0.25) is 0 Å². The number of halogens is 1. The van der Waals surface area contributed by atoms with Crippen LogP contribution in [0, 0.1) is 5.82 Å². The van der Waals surface area contributed by atoms with Crippen LogP contribution in [-0.4, -0.2) is 73.6 Å². The van der Waals surface area contributed by atoms with E-state index in [1.807, 2.05) is 18.2 Å². The summed E-state index contributed by atoms with van der Waals surface area (Å²) in [5.74, 6) is -1.37. The fourth-order valence-electron chi connectivity index (χ4n) is 5.14. The van der Waals surface area contributed by atoms with Gasteiger partial charge in [0.25, 0.3) is 0 Å². The molecule has 34 heavy (non-hydrogen) atoms. The van der Waals surface area contributed by atoms with Gasteiger partial charge in [0.15, 0.2) is 0 Å². The molecule has 1 N–H and O–H groups in total. The third-order valence-corrected chi connectivity index (χ3v) is 7.30. The lowest BCUT2D eigenvalue weighted by molar-refractivity contribution is -0.144. The predicted octanol–water partition coefficient (Wildman–Crippen LogP) is 3.25. The zero-order chi connectivity index (χ0) is 24.3. The number of hydrogen-bond acceptors (Lipinski definition) is 4. The van der Waals surface area contributed by atoms with Crippen molar-refractivity contribution in [1.29, 1.82) is 0 Å². The molecule has 1 saturated heterocycles. The lowest BCUT2D eigenvalue weighted by Gasteiger charge is -2.44. The van der Waals surface area contributed by atoms with Gasteiger partial charge < -0.3 is 15.0 Å². The number of likely N-dealkylation sites (N-methyl/N-ethyl adjacent to an activating group) is 1. The molecular weight excluding hydrogens is 433 g/mol. The molecule has 0 aromatic heterocycles. The second-order valence-corrected chi connectivity index (χ2v) is 9.76. The number of carbonyl (C=O) groups is 2. The van der Waals surface area contributed by atoms with Gasteiger partial charge in [-0.3, -0.25) is 14.5 Å². The standard InChI is InChI=1S/C27H34FN3O3/c1-30(2)26(33)25(32)29-23-11-14-31(18-27(34-3)12-6-13-27)24(23)16-19-7-4-8-20(15-19)21-9-5-10-22(28)17-21/h4-5,7-10,15,17,23-24H,6,11-14,16,18H2,1-3H3,(H,29,32)/t23-,24-/m0/s1. The lowest BCUT2D eigenvalue weighted by Crippen LogP contribution is -2.54. The zero-order valence-corrected chi connectivity index (χ0v) is 20.2. The largest absolute Gasteiger partial charge is 0.377 e. The maximum Gasteiger partial charge on any atom is 0.311 e. The molecule has 2 atom stereocenters. The number of benzene rings is 2. The Kier molecular flexibility index (Phi) is 7.33. The molecule has 2 aromatic rings. The number of nitrogens with one attached hydrogen (secondary N) is 1. The summed E-state index contributed by atoms with van der Waals surface area (Å²) in [5, 5.41) is 2.99. The van der Waals surface area contributed by atoms with E-state index in [-0.39, 0.29) is 23.5 Å². The van der Waals surface area contributed by atoms with Crippen LogP contribution >= 0.6 is 0 Å². The Balaban J connectivity index is 1.56. The molecule has 0 radical (unpaired) electrons. The van der Waals surface area contributed by atoms with Crippen LogP contribution in [-0.2, 0) is 20.7 Å². The van der Waals surface area contributed by atoms with Crippen molar-refractivity contribution in [2.45, 2.75) is 49.8 Å². The van der Waals surface area contributed by atoms with Crippen molar-refractivity contribution in [3.63, 3.8) is 0 Å². The topological polar surface area (TPSA) is 61.9 Å². The van der Waals surface area contributed by atoms with Gasteiger partial charge in [0.1, 0.15) is 5.82 Å². The van der Waals surface area contributed by atoms with Gasteiger partial charge in [-0.15, -0.1) is 0 Å². The molecule has 6 nitrogen and oxygen atoms in total. The van der Waals surface area contributed by atoms with E-state index < -0.39 is 11.8 Å². The Morgan fingerprint density at radius 1 is 1.15 bits per heavy atom. The van der Waals surface area contributed by atoms with Crippen LogP contribution in [0.3, 0.4) is 0 Å². The fraction of sp³-hybridized carbons (Fsp3) is 0.481. The monoisotopic (exact) mass is 467 g/mol. The number of hydrogen-bond donors (Lipinski definition) is 1. The Hall–Kier alpha value is -2.77. The van der Waals surface area contributed by atoms with E-state index in [0.29, 0.717) is 6.42 Å². The molecule has 2 aromatic carbocycles. The minimum absolute atomic E-state index is 0.0364. The molecule has 182 valence electrons. The molecule has 1 aliphatic heterocycles. The van der Waals surface area contributed by atoms with Gasteiger partial charge in [-0.25, -0.2) is 4.39 Å². The third-order valence-electron chi connectivity index (χ3n) is 7.30. The van der Waals surface area contributed by atoms with Gasteiger partial charge >= 0.3 is 11.8 Å². The predicted molar refractivity (Wildman–Crippen MR) is 130 cm³/mol. The van der Waals surface area contributed by atoms with E-state index >= 15 is 0 Å². The van der Waals surface area contributed by atoms with Crippen LogP contribution in [0.15, 0.2) is 48.5 Å². The first-order chi connectivity index (χ1) is 16.3. The van der Waals surface area contributed by atoms with E-state index in [9.17, 15) is 14.0 Å². The van der Waals surface area contributed by atoms with E-state index in [4.69, 9.17) is 4.74 Å². The van der Waals surface area contributed by atoms with Crippen molar-refractivity contribution >= 4 is 11.8 Å². The summed E-state index contributed by atoms with van der Waals surface area (Å²) in [6.07, 6.45) is 4.74. The minimum atomic E-state index is -0.569. The Labute approximate surface area is 201 Å². The maximum atomic E-state index is 13.8. The molecule has 1 saturated carbocycles. The smallest absolute Gasteiger partial charge is 0.311 e. The van der Waals surface area contributed by atoms with Crippen molar-refractivity contribution in [2.75, 3.05) is 34.3 Å². The van der Waals surface area contributed by atoms with E-state index in [1.54, 1.807) is 27.3 Å². The average Bonchev–Trinajstić information content (AvgIpc) is 3.16. The first kappa shape index (κ1) is 24.4. The third kappa shape index (κ3) is 5.31. The first-order valence-corrected chi connectivity index (χ1v) is 12.0. The van der Waals surface area contributed by atoms with E-state index in [2.05, 4.69) is 22.3 Å².